The Bertz CT molecular complexity index is 1160. The van der Waals surface area contributed by atoms with Crippen molar-refractivity contribution in [3.05, 3.63) is 58.2 Å². The average Bonchev–Trinajstić information content (AvgIpc) is 3.37. The first-order valence-corrected chi connectivity index (χ1v) is 12.7. The number of aryl methyl sites for hydroxylation is 3. The molecule has 0 amide bonds. The number of hydrogen-bond donors (Lipinski definition) is 1. The zero-order valence-electron chi connectivity index (χ0n) is 20.1. The van der Waals surface area contributed by atoms with Crippen LogP contribution in [0.3, 0.4) is 0 Å². The third kappa shape index (κ3) is 5.16. The summed E-state index contributed by atoms with van der Waals surface area (Å²) in [6.07, 6.45) is 2.14. The molecule has 3 heterocycles. The summed E-state index contributed by atoms with van der Waals surface area (Å²) in [5.74, 6) is -0.360. The van der Waals surface area contributed by atoms with Gasteiger partial charge < -0.3 is 15.0 Å². The second-order valence-corrected chi connectivity index (χ2v) is 10.00. The van der Waals surface area contributed by atoms with Gasteiger partial charge in [0, 0.05) is 61.5 Å². The van der Waals surface area contributed by atoms with E-state index in [0.29, 0.717) is 10.7 Å². The number of benzene rings is 1. The molecule has 180 valence electrons. The van der Waals surface area contributed by atoms with Crippen LogP contribution < -0.4 is 5.32 Å². The number of methoxy groups -OCH3 is 1. The molecule has 0 radical (unpaired) electrons. The SMILES string of the molecule is CCn1cc(CN2CCN(C(=S)Nc3sc(C)c(-c4ccccc4)c3C(=O)OC)CC2)c(C)n1. The second-order valence-electron chi connectivity index (χ2n) is 8.38. The highest BCUT2D eigenvalue weighted by Gasteiger charge is 2.26. The van der Waals surface area contributed by atoms with Gasteiger partial charge in [0.25, 0.3) is 0 Å². The quantitative estimate of drug-likeness (QED) is 0.396. The predicted octanol–water partition coefficient (Wildman–Crippen LogP) is 4.55. The van der Waals surface area contributed by atoms with Crippen molar-refractivity contribution < 1.29 is 9.53 Å². The van der Waals surface area contributed by atoms with E-state index >= 15 is 0 Å². The molecule has 9 heteroatoms. The van der Waals surface area contributed by atoms with Crippen molar-refractivity contribution in [2.45, 2.75) is 33.9 Å². The molecule has 1 fully saturated rings. The number of anilines is 1. The van der Waals surface area contributed by atoms with Crippen LogP contribution in [0.5, 0.6) is 0 Å². The molecule has 4 rings (SSSR count). The molecule has 0 spiro atoms. The van der Waals surface area contributed by atoms with Crippen molar-refractivity contribution in [3.63, 3.8) is 0 Å². The maximum absolute atomic E-state index is 12.7. The highest BCUT2D eigenvalue weighted by Crippen LogP contribution is 2.40. The third-order valence-electron chi connectivity index (χ3n) is 6.18. The number of ether oxygens (including phenoxy) is 1. The van der Waals surface area contributed by atoms with E-state index in [9.17, 15) is 4.79 Å². The number of carbonyl (C=O) groups is 1. The smallest absolute Gasteiger partial charge is 0.341 e. The van der Waals surface area contributed by atoms with Gasteiger partial charge in [0.15, 0.2) is 5.11 Å². The lowest BCUT2D eigenvalue weighted by atomic mass is 10.0. The number of aromatic nitrogens is 2. The second kappa shape index (κ2) is 10.7. The summed E-state index contributed by atoms with van der Waals surface area (Å²) in [7, 11) is 1.41. The van der Waals surface area contributed by atoms with Gasteiger partial charge in [-0.15, -0.1) is 11.3 Å². The molecular weight excluding hydrogens is 466 g/mol. The summed E-state index contributed by atoms with van der Waals surface area (Å²) >= 11 is 7.29. The number of thiophene rings is 1. The number of hydrogen-bond acceptors (Lipinski definition) is 6. The first kappa shape index (κ1) is 24.4. The fourth-order valence-electron chi connectivity index (χ4n) is 4.28. The Morgan fingerprint density at radius 1 is 1.18 bits per heavy atom. The largest absolute Gasteiger partial charge is 0.465 e. The van der Waals surface area contributed by atoms with Crippen molar-refractivity contribution in [1.29, 1.82) is 0 Å². The Morgan fingerprint density at radius 2 is 1.88 bits per heavy atom. The molecule has 0 bridgehead atoms. The van der Waals surface area contributed by atoms with Crippen LogP contribution >= 0.6 is 23.6 Å². The van der Waals surface area contributed by atoms with Crippen molar-refractivity contribution >= 4 is 39.6 Å². The lowest BCUT2D eigenvalue weighted by Gasteiger charge is -2.36. The Balaban J connectivity index is 1.44. The number of carbonyl (C=O) groups excluding carboxylic acids is 1. The summed E-state index contributed by atoms with van der Waals surface area (Å²) in [4.78, 5) is 18.4. The lowest BCUT2D eigenvalue weighted by Crippen LogP contribution is -2.49. The third-order valence-corrected chi connectivity index (χ3v) is 7.56. The van der Waals surface area contributed by atoms with Gasteiger partial charge in [-0.25, -0.2) is 4.79 Å². The minimum atomic E-state index is -0.360. The Kier molecular flexibility index (Phi) is 7.65. The van der Waals surface area contributed by atoms with E-state index in [1.807, 2.05) is 41.9 Å². The predicted molar refractivity (Wildman–Crippen MR) is 142 cm³/mol. The highest BCUT2D eigenvalue weighted by molar-refractivity contribution is 7.80. The van der Waals surface area contributed by atoms with E-state index in [1.165, 1.54) is 24.0 Å². The van der Waals surface area contributed by atoms with Gasteiger partial charge in [-0.05, 0) is 38.6 Å². The lowest BCUT2D eigenvalue weighted by molar-refractivity contribution is 0.0603. The molecule has 1 saturated heterocycles. The zero-order chi connectivity index (χ0) is 24.2. The average molecular weight is 498 g/mol. The molecule has 3 aromatic rings. The van der Waals surface area contributed by atoms with Crippen LogP contribution in [-0.4, -0.2) is 64.0 Å². The van der Waals surface area contributed by atoms with Gasteiger partial charge >= 0.3 is 5.97 Å². The number of esters is 1. The fourth-order valence-corrected chi connectivity index (χ4v) is 5.70. The van der Waals surface area contributed by atoms with Crippen LogP contribution in [0.1, 0.15) is 33.4 Å². The van der Waals surface area contributed by atoms with E-state index in [1.54, 1.807) is 0 Å². The first-order valence-electron chi connectivity index (χ1n) is 11.5. The molecular formula is C25H31N5O2S2. The minimum absolute atomic E-state index is 0.360. The molecule has 1 aliphatic heterocycles. The fraction of sp³-hybridized carbons (Fsp3) is 0.400. The zero-order valence-corrected chi connectivity index (χ0v) is 21.8. The molecule has 0 saturated carbocycles. The summed E-state index contributed by atoms with van der Waals surface area (Å²) in [5, 5.41) is 9.29. The summed E-state index contributed by atoms with van der Waals surface area (Å²) in [5.41, 5.74) is 4.81. The van der Waals surface area contributed by atoms with Gasteiger partial charge in [0.2, 0.25) is 0 Å². The minimum Gasteiger partial charge on any atom is -0.465 e. The molecule has 1 aromatic carbocycles. The Morgan fingerprint density at radius 3 is 2.50 bits per heavy atom. The maximum atomic E-state index is 12.7. The van der Waals surface area contributed by atoms with E-state index < -0.39 is 0 Å². The van der Waals surface area contributed by atoms with Gasteiger partial charge in [-0.2, -0.15) is 5.10 Å². The van der Waals surface area contributed by atoms with Gasteiger partial charge in [0.05, 0.1) is 12.8 Å². The van der Waals surface area contributed by atoms with E-state index in [0.717, 1.165) is 66.0 Å². The van der Waals surface area contributed by atoms with Crippen LogP contribution in [0.15, 0.2) is 36.5 Å². The van der Waals surface area contributed by atoms with Crippen LogP contribution in [0.25, 0.3) is 11.1 Å². The molecule has 0 atom stereocenters. The molecule has 1 N–H and O–H groups in total. The number of piperazine rings is 1. The molecule has 0 aliphatic carbocycles. The normalized spacial score (nSPS) is 14.3. The van der Waals surface area contributed by atoms with Crippen molar-refractivity contribution in [1.82, 2.24) is 19.6 Å². The van der Waals surface area contributed by atoms with Crippen molar-refractivity contribution in [3.8, 4) is 11.1 Å². The van der Waals surface area contributed by atoms with Crippen molar-refractivity contribution in [2.24, 2.45) is 0 Å². The topological polar surface area (TPSA) is 62.6 Å². The molecule has 7 nitrogen and oxygen atoms in total. The van der Waals surface area contributed by atoms with E-state index in [-0.39, 0.29) is 5.97 Å². The Hall–Kier alpha value is -2.75. The number of thiocarbonyl (C=S) groups is 1. The van der Waals surface area contributed by atoms with Crippen molar-refractivity contribution in [2.75, 3.05) is 38.6 Å². The molecule has 34 heavy (non-hydrogen) atoms. The van der Waals surface area contributed by atoms with Gasteiger partial charge in [-0.1, -0.05) is 30.3 Å². The number of nitrogens with zero attached hydrogens (tertiary/aromatic N) is 4. The van der Waals surface area contributed by atoms with Gasteiger partial charge in [0.1, 0.15) is 10.6 Å². The number of rotatable bonds is 6. The summed E-state index contributed by atoms with van der Waals surface area (Å²) < 4.78 is 7.12. The maximum Gasteiger partial charge on any atom is 0.341 e. The van der Waals surface area contributed by atoms with Crippen LogP contribution in [0.2, 0.25) is 0 Å². The first-order chi connectivity index (χ1) is 16.4. The summed E-state index contributed by atoms with van der Waals surface area (Å²) in [6.45, 7) is 11.5. The summed E-state index contributed by atoms with van der Waals surface area (Å²) in [6, 6.07) is 9.93. The van der Waals surface area contributed by atoms with Crippen LogP contribution in [0, 0.1) is 13.8 Å². The van der Waals surface area contributed by atoms with E-state index in [2.05, 4.69) is 40.3 Å². The monoisotopic (exact) mass is 497 g/mol. The van der Waals surface area contributed by atoms with Gasteiger partial charge in [-0.3, -0.25) is 9.58 Å². The molecule has 0 unspecified atom stereocenters. The molecule has 2 aromatic heterocycles. The van der Waals surface area contributed by atoms with Crippen LogP contribution in [-0.2, 0) is 17.8 Å². The molecule has 1 aliphatic rings. The number of nitrogens with one attached hydrogen (secondary N) is 1. The van der Waals surface area contributed by atoms with Crippen LogP contribution in [0.4, 0.5) is 5.00 Å². The standard InChI is InChI=1S/C25H31N5O2S2/c1-5-30-16-20(17(2)27-30)15-28-11-13-29(14-12-28)25(33)26-23-22(24(31)32-4)21(18(3)34-23)19-9-7-6-8-10-19/h6-10,16H,5,11-15H2,1-4H3,(H,26,33). The highest BCUT2D eigenvalue weighted by atomic mass is 32.1. The Labute approximate surface area is 210 Å². The van der Waals surface area contributed by atoms with E-state index in [4.69, 9.17) is 17.0 Å².